The lowest BCUT2D eigenvalue weighted by atomic mass is 10.4. The maximum absolute atomic E-state index is 8.44. The predicted octanol–water partition coefficient (Wildman–Crippen LogP) is -0.207. The molecule has 0 saturated carbocycles. The zero-order chi connectivity index (χ0) is 7.11. The van der Waals surface area contributed by atoms with Gasteiger partial charge in [-0.25, -0.2) is 0 Å². The number of hydrogen-bond acceptors (Lipinski definition) is 4. The minimum absolute atomic E-state index is 1.00. The van der Waals surface area contributed by atoms with Crippen LogP contribution in [-0.4, -0.2) is 26.5 Å². The van der Waals surface area contributed by atoms with Gasteiger partial charge in [0.15, 0.2) is 0 Å². The van der Waals surface area contributed by atoms with Crippen LogP contribution in [0.3, 0.4) is 0 Å². The third-order valence-electron chi connectivity index (χ3n) is 0.827. The van der Waals surface area contributed by atoms with Gasteiger partial charge >= 0.3 is 0 Å². The van der Waals surface area contributed by atoms with Crippen molar-refractivity contribution in [1.82, 2.24) is 0 Å². The highest BCUT2D eigenvalue weighted by atomic mass is 32.2. The molecule has 0 aromatic rings. The van der Waals surface area contributed by atoms with Crippen LogP contribution in [0.4, 0.5) is 0 Å². The Bertz CT molecular complexity index is 69.0. The molecule has 0 radical (unpaired) electrons. The fourth-order valence-corrected chi connectivity index (χ4v) is 0.510. The van der Waals surface area contributed by atoms with Crippen LogP contribution in [0.2, 0.25) is 0 Å². The highest BCUT2D eigenvalue weighted by molar-refractivity contribution is 7.72. The second-order valence-corrected chi connectivity index (χ2v) is 1.93. The molecular formula is C4H8O4S-2. The first kappa shape index (κ1) is 9.03. The van der Waals surface area contributed by atoms with Gasteiger partial charge in [-0.15, -0.1) is 11.4 Å². The normalized spacial score (nSPS) is 17.2. The van der Waals surface area contributed by atoms with Crippen LogP contribution in [0.1, 0.15) is 12.8 Å². The van der Waals surface area contributed by atoms with E-state index in [1.54, 1.807) is 0 Å². The van der Waals surface area contributed by atoms with E-state index in [1.807, 2.05) is 0 Å². The lowest BCUT2D eigenvalue weighted by Crippen LogP contribution is -1.76. The van der Waals surface area contributed by atoms with Crippen molar-refractivity contribution in [3.63, 3.8) is 0 Å². The van der Waals surface area contributed by atoms with E-state index in [9.17, 15) is 0 Å². The van der Waals surface area contributed by atoms with E-state index in [0.717, 1.165) is 13.2 Å². The number of ether oxygens (including phenoxy) is 1. The highest BCUT2D eigenvalue weighted by Gasteiger charge is 1.94. The molecule has 0 amide bonds. The third-order valence-corrected chi connectivity index (χ3v) is 0.827. The summed E-state index contributed by atoms with van der Waals surface area (Å²) in [5, 5.41) is 0. The molecule has 1 rings (SSSR count). The summed E-state index contributed by atoms with van der Waals surface area (Å²) < 4.78 is 30.3. The van der Waals surface area contributed by atoms with Gasteiger partial charge < -0.3 is 13.8 Å². The van der Waals surface area contributed by atoms with Crippen LogP contribution in [-0.2, 0) is 16.1 Å². The Kier molecular flexibility index (Phi) is 6.18. The quantitative estimate of drug-likeness (QED) is 0.450. The van der Waals surface area contributed by atoms with E-state index >= 15 is 0 Å². The van der Waals surface area contributed by atoms with Crippen LogP contribution in [0.15, 0.2) is 0 Å². The van der Waals surface area contributed by atoms with E-state index in [-0.39, 0.29) is 0 Å². The van der Waals surface area contributed by atoms with Crippen LogP contribution in [0.5, 0.6) is 0 Å². The molecular weight excluding hydrogens is 144 g/mol. The summed E-state index contributed by atoms with van der Waals surface area (Å²) in [5.41, 5.74) is 0. The summed E-state index contributed by atoms with van der Waals surface area (Å²) >= 11 is -3.11. The van der Waals surface area contributed by atoms with Gasteiger partial charge in [-0.05, 0) is 12.8 Å². The first-order chi connectivity index (χ1) is 4.23. The van der Waals surface area contributed by atoms with Gasteiger partial charge in [-0.2, -0.15) is 0 Å². The van der Waals surface area contributed by atoms with Crippen molar-refractivity contribution in [2.24, 2.45) is 0 Å². The maximum atomic E-state index is 8.44. The van der Waals surface area contributed by atoms with Gasteiger partial charge in [0.05, 0.1) is 0 Å². The summed E-state index contributed by atoms with van der Waals surface area (Å²) in [5.74, 6) is 0. The van der Waals surface area contributed by atoms with Crippen molar-refractivity contribution in [3.8, 4) is 0 Å². The Labute approximate surface area is 56.3 Å². The van der Waals surface area contributed by atoms with E-state index in [1.165, 1.54) is 12.8 Å². The van der Waals surface area contributed by atoms with Crippen molar-refractivity contribution in [2.45, 2.75) is 12.8 Å². The van der Waals surface area contributed by atoms with Crippen LogP contribution >= 0.6 is 0 Å². The average Bonchev–Trinajstić information content (AvgIpc) is 2.11. The summed E-state index contributed by atoms with van der Waals surface area (Å²) in [7, 11) is 0. The Morgan fingerprint density at radius 3 is 1.67 bits per heavy atom. The molecule has 0 N–H and O–H groups in total. The second kappa shape index (κ2) is 6.15. The molecule has 0 bridgehead atoms. The Morgan fingerprint density at radius 1 is 1.22 bits per heavy atom. The van der Waals surface area contributed by atoms with Crippen molar-refractivity contribution < 1.29 is 18.1 Å². The van der Waals surface area contributed by atoms with E-state index < -0.39 is 11.4 Å². The van der Waals surface area contributed by atoms with Crippen molar-refractivity contribution >= 4 is 11.4 Å². The molecule has 0 aliphatic carbocycles. The van der Waals surface area contributed by atoms with Gasteiger partial charge in [-0.3, -0.25) is 4.21 Å². The molecule has 5 heteroatoms. The van der Waals surface area contributed by atoms with Crippen molar-refractivity contribution in [1.29, 1.82) is 0 Å². The van der Waals surface area contributed by atoms with E-state index in [2.05, 4.69) is 0 Å². The molecule has 0 aromatic carbocycles. The fraction of sp³-hybridized carbons (Fsp3) is 1.00. The minimum atomic E-state index is -3.11. The largest absolute Gasteiger partial charge is 0.784 e. The van der Waals surface area contributed by atoms with Crippen LogP contribution in [0.25, 0.3) is 0 Å². The molecule has 1 heterocycles. The van der Waals surface area contributed by atoms with Gasteiger partial charge in [0.25, 0.3) is 0 Å². The Morgan fingerprint density at radius 2 is 1.56 bits per heavy atom. The third kappa shape index (κ3) is 11.5. The highest BCUT2D eigenvalue weighted by Crippen LogP contribution is 1.98. The lowest BCUT2D eigenvalue weighted by molar-refractivity contribution is 0.198. The molecule has 0 unspecified atom stereocenters. The summed E-state index contributed by atoms with van der Waals surface area (Å²) in [4.78, 5) is 0. The molecule has 0 spiro atoms. The predicted molar refractivity (Wildman–Crippen MR) is 29.8 cm³/mol. The Balaban J connectivity index is 0.000000148. The van der Waals surface area contributed by atoms with E-state index in [0.29, 0.717) is 0 Å². The van der Waals surface area contributed by atoms with E-state index in [4.69, 9.17) is 18.1 Å². The first-order valence-corrected chi connectivity index (χ1v) is 3.58. The lowest BCUT2D eigenvalue weighted by Gasteiger charge is -2.03. The first-order valence-electron chi connectivity index (χ1n) is 2.58. The second-order valence-electron chi connectivity index (χ2n) is 1.52. The molecule has 0 atom stereocenters. The van der Waals surface area contributed by atoms with Crippen LogP contribution in [0, 0.1) is 0 Å². The molecule has 0 aromatic heterocycles. The number of hydrogen-bond donors (Lipinski definition) is 0. The zero-order valence-corrected chi connectivity index (χ0v) is 5.69. The molecule has 56 valence electrons. The fourth-order valence-electron chi connectivity index (χ4n) is 0.510. The van der Waals surface area contributed by atoms with Gasteiger partial charge in [0.1, 0.15) is 0 Å². The molecule has 1 fully saturated rings. The molecule has 1 aliphatic rings. The molecule has 1 saturated heterocycles. The summed E-state index contributed by atoms with van der Waals surface area (Å²) in [6.45, 7) is 2.00. The summed E-state index contributed by atoms with van der Waals surface area (Å²) in [6, 6.07) is 0. The minimum Gasteiger partial charge on any atom is -0.784 e. The molecule has 1 aliphatic heterocycles. The van der Waals surface area contributed by atoms with Crippen molar-refractivity contribution in [3.05, 3.63) is 0 Å². The topological polar surface area (TPSA) is 72.4 Å². The standard InChI is InChI=1S/C4H8O.H2O3S/c1-2-4-5-3-1;1-4(2)3/h1-4H2;(H2,1,2,3)/p-2. The summed E-state index contributed by atoms with van der Waals surface area (Å²) in [6.07, 6.45) is 2.56. The maximum Gasteiger partial charge on any atom is 0.0466 e. The smallest absolute Gasteiger partial charge is 0.0466 e. The molecule has 4 nitrogen and oxygen atoms in total. The molecule has 9 heavy (non-hydrogen) atoms. The Hall–Kier alpha value is 0.0300. The average molecular weight is 152 g/mol. The zero-order valence-electron chi connectivity index (χ0n) is 4.87. The van der Waals surface area contributed by atoms with Gasteiger partial charge in [0, 0.05) is 13.2 Å². The van der Waals surface area contributed by atoms with Gasteiger partial charge in [0.2, 0.25) is 0 Å². The van der Waals surface area contributed by atoms with Crippen molar-refractivity contribution in [2.75, 3.05) is 13.2 Å². The van der Waals surface area contributed by atoms with Gasteiger partial charge in [-0.1, -0.05) is 0 Å². The number of rotatable bonds is 0. The SMILES string of the molecule is C1CCOC1.O=S([O-])[O-]. The monoisotopic (exact) mass is 152 g/mol. The van der Waals surface area contributed by atoms with Crippen LogP contribution < -0.4 is 0 Å².